The average Bonchev–Trinajstić information content (AvgIpc) is 2.33. The van der Waals surface area contributed by atoms with E-state index in [-0.39, 0.29) is 6.61 Å². The number of phosphoric acid groups is 1. The Morgan fingerprint density at radius 3 is 2.33 bits per heavy atom. The number of nitrogens with zero attached hydrogens (tertiary/aromatic N) is 1. The molecule has 3 atom stereocenters. The molecule has 0 heterocycles. The predicted molar refractivity (Wildman–Crippen MR) is 73.5 cm³/mol. The lowest BCUT2D eigenvalue weighted by Crippen LogP contribution is -2.40. The Balaban J connectivity index is 4.66. The first kappa shape index (κ1) is 20.6. The molecule has 0 radical (unpaired) electrons. The minimum Gasteiger partial charge on any atom is -0.394 e. The van der Waals surface area contributed by atoms with Gasteiger partial charge >= 0.3 is 7.82 Å². The van der Waals surface area contributed by atoms with E-state index in [4.69, 9.17) is 9.63 Å². The van der Waals surface area contributed by atoms with Crippen LogP contribution in [0.25, 0.3) is 0 Å². The maximum atomic E-state index is 11.8. The Morgan fingerprint density at radius 2 is 1.90 bits per heavy atom. The van der Waals surface area contributed by atoms with E-state index in [2.05, 4.69) is 9.26 Å². The van der Waals surface area contributed by atoms with Gasteiger partial charge in [-0.25, -0.2) is 4.57 Å². The molecule has 0 fully saturated rings. The fraction of sp³-hybridized carbons (Fsp3) is 0.909. The molecular weight excluding hydrogens is 305 g/mol. The van der Waals surface area contributed by atoms with Crippen molar-refractivity contribution in [1.29, 1.82) is 0 Å². The summed E-state index contributed by atoms with van der Waals surface area (Å²) in [6.45, 7) is -0.871. The van der Waals surface area contributed by atoms with Crippen LogP contribution in [0.3, 0.4) is 0 Å². The number of ether oxygens (including phenoxy) is 1. The van der Waals surface area contributed by atoms with Gasteiger partial charge in [0.1, 0.15) is 25.9 Å². The van der Waals surface area contributed by atoms with Crippen LogP contribution in [-0.4, -0.2) is 92.2 Å². The minimum absolute atomic E-state index is 0.0717. The summed E-state index contributed by atoms with van der Waals surface area (Å²) in [5.41, 5.74) is 0. The SMILES string of the molecule is COCC(=O)C(OP(=O)(O)OCC[N+](C)(C)C)[C@@H](O)CO. The zero-order chi connectivity index (χ0) is 16.7. The van der Waals surface area contributed by atoms with E-state index in [1.807, 2.05) is 21.1 Å². The van der Waals surface area contributed by atoms with Crippen molar-refractivity contribution < 1.29 is 42.7 Å². The summed E-state index contributed by atoms with van der Waals surface area (Å²) in [5, 5.41) is 18.4. The van der Waals surface area contributed by atoms with Crippen molar-refractivity contribution >= 4 is 13.6 Å². The van der Waals surface area contributed by atoms with Gasteiger partial charge in [0.25, 0.3) is 0 Å². The number of methoxy groups -OCH3 is 1. The van der Waals surface area contributed by atoms with Crippen LogP contribution < -0.4 is 0 Å². The van der Waals surface area contributed by atoms with Gasteiger partial charge in [-0.3, -0.25) is 13.8 Å². The summed E-state index contributed by atoms with van der Waals surface area (Å²) in [6.07, 6.45) is -3.34. The van der Waals surface area contributed by atoms with Gasteiger partial charge in [0.15, 0.2) is 11.9 Å². The van der Waals surface area contributed by atoms with Crippen LogP contribution >= 0.6 is 7.82 Å². The number of aliphatic hydroxyl groups is 2. The Hall–Kier alpha value is -0.380. The van der Waals surface area contributed by atoms with Crippen molar-refractivity contribution in [2.75, 3.05) is 54.6 Å². The van der Waals surface area contributed by atoms with Crippen molar-refractivity contribution in [3.63, 3.8) is 0 Å². The van der Waals surface area contributed by atoms with Gasteiger partial charge in [0.2, 0.25) is 0 Å². The number of phosphoric ester groups is 1. The maximum absolute atomic E-state index is 11.8. The van der Waals surface area contributed by atoms with Gasteiger partial charge in [-0.15, -0.1) is 0 Å². The van der Waals surface area contributed by atoms with Crippen LogP contribution in [0.1, 0.15) is 0 Å². The molecule has 0 aromatic heterocycles. The number of carbonyl (C=O) groups is 1. The van der Waals surface area contributed by atoms with E-state index >= 15 is 0 Å². The summed E-state index contributed by atoms with van der Waals surface area (Å²) in [5.74, 6) is -0.775. The Bertz CT molecular complexity index is 370. The van der Waals surface area contributed by atoms with Crippen LogP contribution in [0, 0.1) is 0 Å². The fourth-order valence-electron chi connectivity index (χ4n) is 1.27. The molecule has 10 heteroatoms. The summed E-state index contributed by atoms with van der Waals surface area (Å²) in [4.78, 5) is 21.2. The predicted octanol–water partition coefficient (Wildman–Crippen LogP) is -1.24. The van der Waals surface area contributed by atoms with Crippen molar-refractivity contribution in [3.8, 4) is 0 Å². The lowest BCUT2D eigenvalue weighted by atomic mass is 10.1. The van der Waals surface area contributed by atoms with E-state index < -0.39 is 39.0 Å². The molecule has 0 aliphatic heterocycles. The van der Waals surface area contributed by atoms with Crippen molar-refractivity contribution in [1.82, 2.24) is 0 Å². The van der Waals surface area contributed by atoms with E-state index in [0.717, 1.165) is 0 Å². The van der Waals surface area contributed by atoms with Crippen LogP contribution in [0.4, 0.5) is 0 Å². The van der Waals surface area contributed by atoms with E-state index in [1.165, 1.54) is 7.11 Å². The Labute approximate surface area is 124 Å². The number of hydrogen-bond acceptors (Lipinski definition) is 7. The van der Waals surface area contributed by atoms with Crippen LogP contribution in [0.15, 0.2) is 0 Å². The van der Waals surface area contributed by atoms with E-state index in [1.54, 1.807) is 0 Å². The summed E-state index contributed by atoms with van der Waals surface area (Å²) in [7, 11) is 2.31. The number of aliphatic hydroxyl groups excluding tert-OH is 2. The molecule has 0 saturated heterocycles. The molecule has 0 amide bonds. The first-order chi connectivity index (χ1) is 9.52. The topological polar surface area (TPSA) is 123 Å². The first-order valence-electron chi connectivity index (χ1n) is 6.29. The molecule has 3 N–H and O–H groups in total. The number of rotatable bonds is 11. The van der Waals surface area contributed by atoms with E-state index in [9.17, 15) is 19.4 Å². The third-order valence-electron chi connectivity index (χ3n) is 2.40. The van der Waals surface area contributed by atoms with Crippen LogP contribution in [0.2, 0.25) is 0 Å². The summed E-state index contributed by atoms with van der Waals surface area (Å²) >= 11 is 0. The first-order valence-corrected chi connectivity index (χ1v) is 7.78. The largest absolute Gasteiger partial charge is 0.473 e. The zero-order valence-electron chi connectivity index (χ0n) is 12.8. The number of hydrogen-bond donors (Lipinski definition) is 3. The van der Waals surface area contributed by atoms with E-state index in [0.29, 0.717) is 11.0 Å². The summed E-state index contributed by atoms with van der Waals surface area (Å²) < 4.78 is 26.3. The number of ketones is 1. The molecule has 21 heavy (non-hydrogen) atoms. The molecule has 9 nitrogen and oxygen atoms in total. The third kappa shape index (κ3) is 9.28. The van der Waals surface area contributed by atoms with Gasteiger partial charge in [-0.05, 0) is 0 Å². The quantitative estimate of drug-likeness (QED) is 0.318. The molecule has 0 bridgehead atoms. The second-order valence-electron chi connectivity index (χ2n) is 5.49. The number of Topliss-reactive ketones (excluding diaryl/α,β-unsaturated/α-hetero) is 1. The molecule has 0 spiro atoms. The average molecular weight is 330 g/mol. The van der Waals surface area contributed by atoms with Crippen LogP contribution in [-0.2, 0) is 23.1 Å². The molecule has 0 rings (SSSR count). The molecule has 0 aromatic rings. The monoisotopic (exact) mass is 330 g/mol. The smallest absolute Gasteiger partial charge is 0.394 e. The minimum atomic E-state index is -4.54. The van der Waals surface area contributed by atoms with Gasteiger partial charge in [0.05, 0.1) is 27.7 Å². The highest BCUT2D eigenvalue weighted by Gasteiger charge is 2.35. The molecule has 0 aromatic carbocycles. The Morgan fingerprint density at radius 1 is 1.33 bits per heavy atom. The molecule has 0 aliphatic carbocycles. The van der Waals surface area contributed by atoms with Crippen molar-refractivity contribution in [2.24, 2.45) is 0 Å². The molecule has 0 saturated carbocycles. The fourth-order valence-corrected chi connectivity index (χ4v) is 2.19. The lowest BCUT2D eigenvalue weighted by molar-refractivity contribution is -0.870. The van der Waals surface area contributed by atoms with Crippen molar-refractivity contribution in [2.45, 2.75) is 12.2 Å². The zero-order valence-corrected chi connectivity index (χ0v) is 13.7. The molecule has 126 valence electrons. The van der Waals surface area contributed by atoms with Gasteiger partial charge in [0, 0.05) is 7.11 Å². The highest BCUT2D eigenvalue weighted by Crippen LogP contribution is 2.45. The molecule has 0 aliphatic rings. The second-order valence-corrected chi connectivity index (χ2v) is 6.90. The third-order valence-corrected chi connectivity index (χ3v) is 3.41. The van der Waals surface area contributed by atoms with Gasteiger partial charge < -0.3 is 24.3 Å². The number of likely N-dealkylation sites (N-methyl/N-ethyl adjacent to an activating group) is 1. The Kier molecular flexibility index (Phi) is 8.76. The van der Waals surface area contributed by atoms with Gasteiger partial charge in [-0.1, -0.05) is 0 Å². The second kappa shape index (κ2) is 8.92. The lowest BCUT2D eigenvalue weighted by Gasteiger charge is -2.25. The standard InChI is InChI=1S/C11H24NO8P/c1-12(2,3)5-6-19-21(16,17)20-11(9(14)7-13)10(15)8-18-4/h9,11,13-14H,5-8H2,1-4H3/p+1/t9-,11?/m0/s1. The van der Waals surface area contributed by atoms with Gasteiger partial charge in [-0.2, -0.15) is 0 Å². The maximum Gasteiger partial charge on any atom is 0.473 e. The number of quaternary nitrogens is 1. The normalized spacial score (nSPS) is 18.0. The highest BCUT2D eigenvalue weighted by molar-refractivity contribution is 7.47. The van der Waals surface area contributed by atoms with Crippen molar-refractivity contribution in [3.05, 3.63) is 0 Å². The number of carbonyl (C=O) groups excluding carboxylic acids is 1. The molecular formula is C11H25NO8P+. The summed E-state index contributed by atoms with van der Waals surface area (Å²) in [6, 6.07) is 0. The molecule has 2 unspecified atom stereocenters. The highest BCUT2D eigenvalue weighted by atomic mass is 31.2. The van der Waals surface area contributed by atoms with Crippen LogP contribution in [0.5, 0.6) is 0 Å².